The van der Waals surface area contributed by atoms with Crippen molar-refractivity contribution in [2.24, 2.45) is 11.8 Å². The number of nitrogens with two attached hydrogens (primary N) is 1. The number of esters is 2. The fraction of sp³-hybridized carbons (Fsp3) is 0.505. The molecule has 0 bridgehead atoms. The summed E-state index contributed by atoms with van der Waals surface area (Å²) in [7, 11) is 10.5. The van der Waals surface area contributed by atoms with E-state index in [-0.39, 0.29) is 93.4 Å². The molecule has 8 fully saturated rings. The largest absolute Gasteiger partial charge is 0.497 e. The van der Waals surface area contributed by atoms with Gasteiger partial charge in [-0.05, 0) is 219 Å². The number of ether oxygens (including phenoxy) is 12. The quantitative estimate of drug-likeness (QED) is 0.0155. The van der Waals surface area contributed by atoms with E-state index >= 15 is 0 Å². The Morgan fingerprint density at radius 3 is 1.23 bits per heavy atom. The van der Waals surface area contributed by atoms with Crippen molar-refractivity contribution in [1.29, 1.82) is 0 Å². The third-order valence-electron chi connectivity index (χ3n) is 21.9. The van der Waals surface area contributed by atoms with Crippen LogP contribution in [0.2, 0.25) is 0 Å². The molecular formula is C99H129ClN8O25. The average molecular weight is 1870 g/mol. The van der Waals surface area contributed by atoms with Gasteiger partial charge >= 0.3 is 36.2 Å². The second-order valence-electron chi connectivity index (χ2n) is 36.2. The maximum absolute atomic E-state index is 12.7. The van der Waals surface area contributed by atoms with E-state index in [0.717, 1.165) is 113 Å². The number of methoxy groups -OCH3 is 7. The number of benzene rings is 5. The number of nitrogens with zero attached hydrogens (tertiary/aromatic N) is 5. The number of aliphatic hydroxyl groups excluding tert-OH is 1. The van der Waals surface area contributed by atoms with Crippen LogP contribution in [0.15, 0.2) is 114 Å². The number of halogens is 1. The van der Waals surface area contributed by atoms with Crippen molar-refractivity contribution in [3.8, 4) is 40.2 Å². The van der Waals surface area contributed by atoms with Crippen molar-refractivity contribution in [2.45, 2.75) is 245 Å². The maximum atomic E-state index is 12.7. The number of carboxylic acid groups (broad SMARTS) is 1. The van der Waals surface area contributed by atoms with E-state index in [0.29, 0.717) is 75.4 Å². The predicted molar refractivity (Wildman–Crippen MR) is 503 cm³/mol. The second kappa shape index (κ2) is 46.2. The number of carboxylic acids is 1. The Morgan fingerprint density at radius 1 is 0.466 bits per heavy atom. The highest BCUT2D eigenvalue weighted by Crippen LogP contribution is 2.46. The number of nitrogens with one attached hydrogen (secondary N) is 2. The summed E-state index contributed by atoms with van der Waals surface area (Å²) in [6, 6.07) is 30.0. The molecule has 5 saturated carbocycles. The molecule has 5 aromatic carbocycles. The first-order valence-electron chi connectivity index (χ1n) is 43.6. The monoisotopic (exact) mass is 1860 g/mol. The molecule has 722 valence electrons. The number of hydrogen-bond donors (Lipinski definition) is 5. The van der Waals surface area contributed by atoms with Gasteiger partial charge in [-0.1, -0.05) is 14.9 Å². The molecule has 8 aliphatic rings. The van der Waals surface area contributed by atoms with Gasteiger partial charge in [-0.15, -0.1) is 0 Å². The van der Waals surface area contributed by atoms with Crippen molar-refractivity contribution in [3.05, 3.63) is 148 Å². The Balaban J connectivity index is 0.000000199. The lowest BCUT2D eigenvalue weighted by Crippen LogP contribution is -2.44. The van der Waals surface area contributed by atoms with E-state index in [1.807, 2.05) is 66.7 Å². The first kappa shape index (κ1) is 106. The van der Waals surface area contributed by atoms with Gasteiger partial charge < -0.3 is 83.1 Å². The smallest absolute Gasteiger partial charge is 0.411 e. The molecule has 3 aromatic heterocycles. The molecule has 4 amide bonds. The summed E-state index contributed by atoms with van der Waals surface area (Å²) in [5.41, 5.74) is 11.2. The third-order valence-corrected chi connectivity index (χ3v) is 22.2. The maximum Gasteiger partial charge on any atom is 0.411 e. The van der Waals surface area contributed by atoms with Crippen molar-refractivity contribution in [2.75, 3.05) is 80.5 Å². The summed E-state index contributed by atoms with van der Waals surface area (Å²) in [6.07, 6.45) is 8.02. The number of aromatic amines is 1. The van der Waals surface area contributed by atoms with Gasteiger partial charge in [0.15, 0.2) is 17.0 Å². The number of aromatic nitrogens is 3. The summed E-state index contributed by atoms with van der Waals surface area (Å²) >= 11 is 5.04. The molecule has 3 aliphatic heterocycles. The number of hydrogen-bond acceptors (Lipinski definition) is 27. The molecule has 6 heterocycles. The number of aliphatic hydroxyl groups is 1. The van der Waals surface area contributed by atoms with Crippen LogP contribution >= 0.6 is 11.6 Å². The number of carbonyl (C=O) groups excluding carboxylic acids is 9. The fourth-order valence-corrected chi connectivity index (χ4v) is 14.6. The van der Waals surface area contributed by atoms with Crippen LogP contribution in [-0.4, -0.2) is 221 Å². The Labute approximate surface area is 780 Å². The topological polar surface area (TPSA) is 428 Å². The van der Waals surface area contributed by atoms with Crippen LogP contribution in [0.25, 0.3) is 32.7 Å². The predicted octanol–water partition coefficient (Wildman–Crippen LogP) is 17.1. The number of carbonyl (C=O) groups is 10. The van der Waals surface area contributed by atoms with Gasteiger partial charge in [-0.3, -0.25) is 48.6 Å². The minimum atomic E-state index is -1.07. The molecule has 33 nitrogen and oxygen atoms in total. The van der Waals surface area contributed by atoms with Gasteiger partial charge in [0.25, 0.3) is 0 Å². The number of rotatable bonds is 20. The van der Waals surface area contributed by atoms with Gasteiger partial charge in [0, 0.05) is 142 Å². The van der Waals surface area contributed by atoms with Gasteiger partial charge in [-0.2, -0.15) is 0 Å². The number of amides is 4. The number of Topliss-reactive ketones (excluding diaryl/α,β-unsaturated/α-hetero) is 2. The number of ketones is 2. The molecule has 16 rings (SSSR count). The minimum absolute atomic E-state index is 0. The Bertz CT molecular complexity index is 5550. The molecule has 133 heavy (non-hydrogen) atoms. The third kappa shape index (κ3) is 30.5. The molecule has 3 saturated heterocycles. The highest BCUT2D eigenvalue weighted by molar-refractivity contribution is 6.64. The molecule has 0 unspecified atom stereocenters. The van der Waals surface area contributed by atoms with Crippen LogP contribution in [0.3, 0.4) is 0 Å². The lowest BCUT2D eigenvalue weighted by molar-refractivity contribution is -0.146. The van der Waals surface area contributed by atoms with Crippen LogP contribution in [-0.2, 0) is 47.7 Å². The van der Waals surface area contributed by atoms with Crippen LogP contribution < -0.4 is 49.6 Å². The summed E-state index contributed by atoms with van der Waals surface area (Å²) < 4.78 is 64.1. The average Bonchev–Trinajstić information content (AvgIpc) is 1.68. The number of aliphatic carboxylic acids is 1. The highest BCUT2D eigenvalue weighted by Gasteiger charge is 2.47. The van der Waals surface area contributed by atoms with Crippen molar-refractivity contribution < 1.29 is 115 Å². The van der Waals surface area contributed by atoms with E-state index in [1.165, 1.54) is 55.6 Å². The highest BCUT2D eigenvalue weighted by atomic mass is 35.5. The number of fused-ring (bicyclic) bond motifs is 3. The lowest BCUT2D eigenvalue weighted by Gasteiger charge is -2.27. The fourth-order valence-electron chi connectivity index (χ4n) is 14.4. The molecule has 34 heteroatoms. The summed E-state index contributed by atoms with van der Waals surface area (Å²) in [5.74, 6) is 4.41. The van der Waals surface area contributed by atoms with E-state index in [9.17, 15) is 63.0 Å². The van der Waals surface area contributed by atoms with E-state index in [4.69, 9.17) is 79.4 Å². The van der Waals surface area contributed by atoms with Crippen molar-refractivity contribution >= 4 is 115 Å². The second-order valence-corrected chi connectivity index (χ2v) is 36.5. The molecule has 6 N–H and O–H groups in total. The molecule has 8 aromatic rings. The van der Waals surface area contributed by atoms with Gasteiger partial charge in [0.2, 0.25) is 11.1 Å². The Morgan fingerprint density at radius 2 is 0.850 bits per heavy atom. The molecule has 0 radical (unpaired) electrons. The van der Waals surface area contributed by atoms with Crippen LogP contribution in [0, 0.1) is 11.8 Å². The summed E-state index contributed by atoms with van der Waals surface area (Å²) in [6.45, 7) is 19.3. The van der Waals surface area contributed by atoms with Gasteiger partial charge in [-0.25, -0.2) is 28.8 Å². The number of anilines is 2. The molecule has 5 aliphatic carbocycles. The van der Waals surface area contributed by atoms with E-state index in [2.05, 4.69) is 15.0 Å². The SMILES string of the molecule is C.C.COC(=O)[C@@H]1C[C@@H](Oc2cc(C3CC3)nc3cc(OC)ccc23)CN1C(=O)OC(C)(C)C.COC(=O)[C@@H]1C[C@H](O)CN1C(=O)OC(C)(C)C.COc1ccc(C(C)=O)c(N)c1.COc1ccc(C(C)=O)c(NC(=O)C2CC2)c1.COc1ccc2c(=O)cc(C3CC3)[nH]c2c1.COc1ccc2c(O[C@@H]3C[C@@H](C(=O)O)N(C(=O)OC(C)(C)C)C3)cc(C3CC3)nc2c1.O=C(Cl)C1CC1. The minimum Gasteiger partial charge on any atom is -0.497 e. The normalized spacial score (nSPS) is 18.6. The zero-order valence-corrected chi connectivity index (χ0v) is 78.3. The van der Waals surface area contributed by atoms with E-state index < -0.39 is 83.3 Å². The number of β-amino-alcohol motifs (C(OH)–C–C–N with tert-alkyl or cyclic N) is 1. The first-order chi connectivity index (χ1) is 61.9. The molecular weight excluding hydrogens is 1740 g/mol. The number of pyridine rings is 3. The standard InChI is InChI=1S/C24H30N2O6.C23H28N2O6.C13H15NO3.C13H13NO2.C11H19NO5.C9H11NO2.C4H5ClO.2CH4/c1-24(2,3)32-23(28)26-13-16(11-20(26)22(27)30-5)31-21-12-18(14-6-7-14)25-19-10-15(29-4)8-9-17(19)21;1-23(2,3)31-22(28)25-12-15(10-19(25)21(26)27)30-20-11-17(13-5-6-13)24-18-9-14(29-4)7-8-16(18)20;1-8(15)11-6-5-10(17-2)7-12(11)14-13(16)9-3-4-9;1-16-9-4-5-10-12(6-9)14-11(7-13(10)15)8-2-3-8;1-11(2,3)17-10(15)12-6-7(13)5-8(12)9(14)16-4;1-6(11)8-4-3-7(12-2)5-9(8)10;5-4(6)3-1-2-3;;/h8-10,12,14,16,20H,6-7,11,13H2,1-5H3;7-9,11,13,15,19H,5-6,10,12H2,1-4H3,(H,26,27);5-7,9H,3-4H2,1-2H3,(H,14,16);4-8H,2-3H2,1H3,(H,14,15);7-8,13H,5-6H2,1-4H3;3-5H,10H2,1-2H3;3H,1-2H2;2*1H4/t16-,20+;15-,19+;;;7-,8-;;;;/m11..0..../s1. The van der Waals surface area contributed by atoms with Crippen molar-refractivity contribution in [3.63, 3.8) is 0 Å². The number of likely N-dealkylation sites (tertiary alicyclic amines) is 3. The Hall–Kier alpha value is -12.5. The molecule has 6 atom stereocenters. The zero-order valence-electron chi connectivity index (χ0n) is 77.5. The Kier molecular flexibility index (Phi) is 36.8. The summed E-state index contributed by atoms with van der Waals surface area (Å²) in [4.78, 5) is 145. The van der Waals surface area contributed by atoms with Crippen LogP contribution in [0.1, 0.15) is 230 Å². The summed E-state index contributed by atoms with van der Waals surface area (Å²) in [5, 5.41) is 24.2. The van der Waals surface area contributed by atoms with Crippen LogP contribution in [0.4, 0.5) is 25.8 Å². The number of H-pyrrole nitrogens is 1. The first-order valence-corrected chi connectivity index (χ1v) is 44.0. The van der Waals surface area contributed by atoms with Gasteiger partial charge in [0.1, 0.15) is 87.4 Å². The zero-order chi connectivity index (χ0) is 95.8. The van der Waals surface area contributed by atoms with Crippen LogP contribution in [0.5, 0.6) is 40.2 Å². The lowest BCUT2D eigenvalue weighted by atomic mass is 10.1. The molecule has 0 spiro atoms. The van der Waals surface area contributed by atoms with E-state index in [1.54, 1.807) is 140 Å². The van der Waals surface area contributed by atoms with Crippen molar-refractivity contribution in [1.82, 2.24) is 29.7 Å². The van der Waals surface area contributed by atoms with Gasteiger partial charge in [0.05, 0.1) is 97.7 Å². The number of nitrogen functional groups attached to an aromatic ring is 1.